The lowest BCUT2D eigenvalue weighted by atomic mass is 10.0. The van der Waals surface area contributed by atoms with Gasteiger partial charge in [0.1, 0.15) is 5.52 Å². The highest BCUT2D eigenvalue weighted by atomic mass is 16.4. The Morgan fingerprint density at radius 3 is 2.67 bits per heavy atom. The summed E-state index contributed by atoms with van der Waals surface area (Å²) >= 11 is 0. The number of benzene rings is 2. The lowest BCUT2D eigenvalue weighted by molar-refractivity contribution is 0.603. The third kappa shape index (κ3) is 2.46. The number of oxazole rings is 1. The van der Waals surface area contributed by atoms with E-state index >= 15 is 0 Å². The minimum atomic E-state index is -0.151. The summed E-state index contributed by atoms with van der Waals surface area (Å²) in [6.45, 7) is 1.87. The van der Waals surface area contributed by atoms with Crippen LogP contribution < -0.4 is 4.90 Å². The van der Waals surface area contributed by atoms with E-state index in [2.05, 4.69) is 11.1 Å². The number of nitrogens with zero attached hydrogens (tertiary/aromatic N) is 3. The molecule has 0 aliphatic heterocycles. The largest absolute Gasteiger partial charge is 0.423 e. The fourth-order valence-electron chi connectivity index (χ4n) is 2.18. The molecule has 1 heterocycles. The molecular formula is C17H15N3O. The van der Waals surface area contributed by atoms with Crippen LogP contribution in [0.2, 0.25) is 0 Å². The van der Waals surface area contributed by atoms with Crippen LogP contribution in [0.15, 0.2) is 52.9 Å². The van der Waals surface area contributed by atoms with E-state index in [9.17, 15) is 0 Å². The van der Waals surface area contributed by atoms with Crippen LogP contribution in [0.5, 0.6) is 0 Å². The predicted molar refractivity (Wildman–Crippen MR) is 82.5 cm³/mol. The van der Waals surface area contributed by atoms with E-state index < -0.39 is 0 Å². The first kappa shape index (κ1) is 13.2. The molecule has 0 spiro atoms. The highest BCUT2D eigenvalue weighted by molar-refractivity contribution is 5.76. The van der Waals surface area contributed by atoms with Crippen LogP contribution in [0, 0.1) is 11.3 Å². The second kappa shape index (κ2) is 5.29. The van der Waals surface area contributed by atoms with Gasteiger partial charge in [-0.25, -0.2) is 0 Å². The fourth-order valence-corrected chi connectivity index (χ4v) is 2.18. The quantitative estimate of drug-likeness (QED) is 0.719. The Hall–Kier alpha value is -2.80. The zero-order valence-electron chi connectivity index (χ0n) is 11.9. The van der Waals surface area contributed by atoms with E-state index in [1.807, 2.05) is 67.4 Å². The van der Waals surface area contributed by atoms with E-state index in [-0.39, 0.29) is 5.92 Å². The van der Waals surface area contributed by atoms with Gasteiger partial charge >= 0.3 is 6.01 Å². The molecule has 104 valence electrons. The molecule has 1 aromatic heterocycles. The Morgan fingerprint density at radius 1 is 1.19 bits per heavy atom. The van der Waals surface area contributed by atoms with E-state index in [0.29, 0.717) is 6.01 Å². The molecule has 0 fully saturated rings. The Morgan fingerprint density at radius 2 is 1.95 bits per heavy atom. The molecule has 0 saturated heterocycles. The van der Waals surface area contributed by atoms with E-state index in [1.54, 1.807) is 0 Å². The third-order valence-electron chi connectivity index (χ3n) is 3.52. The molecule has 0 bridgehead atoms. The minimum absolute atomic E-state index is 0.151. The highest BCUT2D eigenvalue weighted by Gasteiger charge is 2.13. The molecular weight excluding hydrogens is 262 g/mol. The number of hydrogen-bond acceptors (Lipinski definition) is 4. The van der Waals surface area contributed by atoms with Crippen LogP contribution in [0.1, 0.15) is 18.4 Å². The van der Waals surface area contributed by atoms with Crippen molar-refractivity contribution in [2.75, 3.05) is 11.9 Å². The van der Waals surface area contributed by atoms with E-state index in [4.69, 9.17) is 9.68 Å². The van der Waals surface area contributed by atoms with Crippen molar-refractivity contribution in [1.82, 2.24) is 4.98 Å². The summed E-state index contributed by atoms with van der Waals surface area (Å²) in [7, 11) is 1.92. The number of hydrogen-bond donors (Lipinski definition) is 0. The maximum atomic E-state index is 9.00. The monoisotopic (exact) mass is 277 g/mol. The van der Waals surface area contributed by atoms with Gasteiger partial charge < -0.3 is 4.42 Å². The highest BCUT2D eigenvalue weighted by Crippen LogP contribution is 2.28. The molecule has 0 aliphatic rings. The minimum Gasteiger partial charge on any atom is -0.423 e. The smallest absolute Gasteiger partial charge is 0.302 e. The number of rotatable bonds is 3. The average Bonchev–Trinajstić information content (AvgIpc) is 2.97. The van der Waals surface area contributed by atoms with Gasteiger partial charge in [0, 0.05) is 12.7 Å². The molecule has 0 radical (unpaired) electrons. The first-order chi connectivity index (χ1) is 10.2. The summed E-state index contributed by atoms with van der Waals surface area (Å²) in [5, 5.41) is 9.00. The molecule has 0 saturated carbocycles. The third-order valence-corrected chi connectivity index (χ3v) is 3.52. The van der Waals surface area contributed by atoms with Gasteiger partial charge in [-0.2, -0.15) is 10.2 Å². The molecule has 0 aliphatic carbocycles. The van der Waals surface area contributed by atoms with Crippen LogP contribution in [0.25, 0.3) is 11.1 Å². The molecule has 1 atom stereocenters. The first-order valence-corrected chi connectivity index (χ1v) is 6.78. The van der Waals surface area contributed by atoms with Crippen LogP contribution in [-0.2, 0) is 0 Å². The van der Waals surface area contributed by atoms with E-state index in [1.165, 1.54) is 0 Å². The van der Waals surface area contributed by atoms with Crippen LogP contribution >= 0.6 is 0 Å². The van der Waals surface area contributed by atoms with Crippen molar-refractivity contribution in [2.45, 2.75) is 12.8 Å². The zero-order valence-corrected chi connectivity index (χ0v) is 11.9. The van der Waals surface area contributed by atoms with Crippen molar-refractivity contribution in [3.05, 3.63) is 54.1 Å². The van der Waals surface area contributed by atoms with Crippen molar-refractivity contribution in [2.24, 2.45) is 0 Å². The Balaban J connectivity index is 2.00. The molecule has 2 aromatic carbocycles. The number of anilines is 2. The van der Waals surface area contributed by atoms with Gasteiger partial charge in [0.15, 0.2) is 5.58 Å². The molecule has 4 heteroatoms. The molecule has 3 aromatic rings. The second-order valence-corrected chi connectivity index (χ2v) is 4.97. The molecule has 0 amide bonds. The summed E-state index contributed by atoms with van der Waals surface area (Å²) in [5.74, 6) is -0.151. The maximum Gasteiger partial charge on any atom is 0.302 e. The molecule has 1 unspecified atom stereocenters. The topological polar surface area (TPSA) is 53.1 Å². The van der Waals surface area contributed by atoms with Gasteiger partial charge in [0.2, 0.25) is 0 Å². The maximum absolute atomic E-state index is 9.00. The van der Waals surface area contributed by atoms with Gasteiger partial charge in [-0.3, -0.25) is 4.90 Å². The summed E-state index contributed by atoms with van der Waals surface area (Å²) in [6, 6.07) is 18.4. The first-order valence-electron chi connectivity index (χ1n) is 6.78. The molecule has 3 rings (SSSR count). The van der Waals surface area contributed by atoms with Gasteiger partial charge in [-0.1, -0.05) is 24.3 Å². The molecule has 4 nitrogen and oxygen atoms in total. The summed E-state index contributed by atoms with van der Waals surface area (Å²) < 4.78 is 5.78. The van der Waals surface area contributed by atoms with Gasteiger partial charge in [0.05, 0.1) is 12.0 Å². The lowest BCUT2D eigenvalue weighted by Gasteiger charge is -2.13. The predicted octanol–water partition coefficient (Wildman–Crippen LogP) is 4.22. The number of para-hydroxylation sites is 1. The van der Waals surface area contributed by atoms with Crippen molar-refractivity contribution < 1.29 is 4.42 Å². The van der Waals surface area contributed by atoms with Crippen molar-refractivity contribution in [3.8, 4) is 6.07 Å². The van der Waals surface area contributed by atoms with E-state index in [0.717, 1.165) is 22.4 Å². The standard InChI is InChI=1S/C17H15N3O/c1-12(11-18)13-8-9-16-15(10-13)19-17(21-16)20(2)14-6-4-3-5-7-14/h3-10,12H,1-2H3. The normalized spacial score (nSPS) is 12.0. The number of nitriles is 1. The average molecular weight is 277 g/mol. The lowest BCUT2D eigenvalue weighted by Crippen LogP contribution is -2.09. The zero-order chi connectivity index (χ0) is 14.8. The molecule has 0 N–H and O–H groups in total. The summed E-state index contributed by atoms with van der Waals surface area (Å²) in [6.07, 6.45) is 0. The summed E-state index contributed by atoms with van der Waals surface area (Å²) in [4.78, 5) is 6.41. The SMILES string of the molecule is CC(C#N)c1ccc2oc(N(C)c3ccccc3)nc2c1. The van der Waals surface area contributed by atoms with Crippen LogP contribution in [0.4, 0.5) is 11.7 Å². The Kier molecular flexibility index (Phi) is 3.33. The van der Waals surface area contributed by atoms with Crippen molar-refractivity contribution >= 4 is 22.8 Å². The van der Waals surface area contributed by atoms with Crippen molar-refractivity contribution in [3.63, 3.8) is 0 Å². The van der Waals surface area contributed by atoms with Crippen LogP contribution in [0.3, 0.4) is 0 Å². The molecule has 21 heavy (non-hydrogen) atoms. The number of aromatic nitrogens is 1. The summed E-state index contributed by atoms with van der Waals surface area (Å²) in [5.41, 5.74) is 3.45. The Labute approximate surface area is 123 Å². The van der Waals surface area contributed by atoms with Crippen molar-refractivity contribution in [1.29, 1.82) is 5.26 Å². The van der Waals surface area contributed by atoms with Gasteiger partial charge in [0.25, 0.3) is 0 Å². The fraction of sp³-hybridized carbons (Fsp3) is 0.176. The van der Waals surface area contributed by atoms with Gasteiger partial charge in [-0.05, 0) is 36.8 Å². The van der Waals surface area contributed by atoms with Gasteiger partial charge in [-0.15, -0.1) is 0 Å². The van der Waals surface area contributed by atoms with Crippen LogP contribution in [-0.4, -0.2) is 12.0 Å². The second-order valence-electron chi connectivity index (χ2n) is 4.97. The number of fused-ring (bicyclic) bond motifs is 1. The Bertz CT molecular complexity index is 802.